The summed E-state index contributed by atoms with van der Waals surface area (Å²) < 4.78 is 10.5. The summed E-state index contributed by atoms with van der Waals surface area (Å²) in [6.45, 7) is 5.83. The summed E-state index contributed by atoms with van der Waals surface area (Å²) in [7, 11) is 1.69. The smallest absolute Gasteiger partial charge is 0.217 e. The first-order valence-electron chi connectivity index (χ1n) is 5.76. The first-order valence-corrected chi connectivity index (χ1v) is 5.76. The lowest BCUT2D eigenvalue weighted by molar-refractivity contribution is 0.192. The molecular formula is C11H21N3O2. The third-order valence-electron chi connectivity index (χ3n) is 2.14. The van der Waals surface area contributed by atoms with E-state index in [1.165, 1.54) is 0 Å². The average Bonchev–Trinajstić information content (AvgIpc) is 2.66. The topological polar surface area (TPSA) is 60.2 Å². The third kappa shape index (κ3) is 5.23. The molecule has 0 spiro atoms. The molecule has 0 amide bonds. The van der Waals surface area contributed by atoms with Gasteiger partial charge in [-0.1, -0.05) is 13.8 Å². The highest BCUT2D eigenvalue weighted by atomic mass is 16.5. The van der Waals surface area contributed by atoms with Gasteiger partial charge in [0, 0.05) is 39.1 Å². The van der Waals surface area contributed by atoms with Crippen LogP contribution in [0.2, 0.25) is 0 Å². The summed E-state index contributed by atoms with van der Waals surface area (Å²) in [6.07, 6.45) is 2.50. The van der Waals surface area contributed by atoms with Gasteiger partial charge in [-0.15, -0.1) is 10.2 Å². The van der Waals surface area contributed by atoms with Crippen molar-refractivity contribution in [3.63, 3.8) is 0 Å². The van der Waals surface area contributed by atoms with E-state index in [0.717, 1.165) is 32.4 Å². The normalized spacial score (nSPS) is 11.2. The first-order chi connectivity index (χ1) is 7.72. The SMILES string of the molecule is COCCCc1nnc(CCNC(C)C)o1. The van der Waals surface area contributed by atoms with E-state index in [1.54, 1.807) is 7.11 Å². The van der Waals surface area contributed by atoms with Gasteiger partial charge in [0.25, 0.3) is 0 Å². The fraction of sp³-hybridized carbons (Fsp3) is 0.818. The lowest BCUT2D eigenvalue weighted by Gasteiger charge is -2.04. The van der Waals surface area contributed by atoms with Gasteiger partial charge in [-0.25, -0.2) is 0 Å². The molecule has 0 bridgehead atoms. The molecule has 0 aliphatic heterocycles. The van der Waals surface area contributed by atoms with E-state index in [1.807, 2.05) is 0 Å². The number of hydrogen-bond acceptors (Lipinski definition) is 5. The maximum atomic E-state index is 5.49. The molecule has 0 unspecified atom stereocenters. The van der Waals surface area contributed by atoms with Gasteiger partial charge in [-0.2, -0.15) is 0 Å². The monoisotopic (exact) mass is 227 g/mol. The van der Waals surface area contributed by atoms with Gasteiger partial charge in [0.15, 0.2) is 0 Å². The molecule has 1 aromatic rings. The van der Waals surface area contributed by atoms with Gasteiger partial charge in [-0.05, 0) is 6.42 Å². The Morgan fingerprint density at radius 1 is 1.25 bits per heavy atom. The molecule has 0 saturated heterocycles. The third-order valence-corrected chi connectivity index (χ3v) is 2.14. The molecule has 0 fully saturated rings. The molecule has 0 saturated carbocycles. The second kappa shape index (κ2) is 7.35. The predicted octanol–water partition coefficient (Wildman–Crippen LogP) is 1.19. The molecule has 92 valence electrons. The van der Waals surface area contributed by atoms with Crippen LogP contribution in [-0.2, 0) is 17.6 Å². The van der Waals surface area contributed by atoms with Crippen molar-refractivity contribution < 1.29 is 9.15 Å². The second-order valence-corrected chi connectivity index (χ2v) is 4.04. The molecule has 0 radical (unpaired) electrons. The number of rotatable bonds is 8. The maximum Gasteiger partial charge on any atom is 0.217 e. The Morgan fingerprint density at radius 3 is 2.56 bits per heavy atom. The van der Waals surface area contributed by atoms with Crippen molar-refractivity contribution in [1.82, 2.24) is 15.5 Å². The average molecular weight is 227 g/mol. The second-order valence-electron chi connectivity index (χ2n) is 4.04. The standard InChI is InChI=1S/C11H21N3O2/c1-9(2)12-7-6-11-14-13-10(16-11)5-4-8-15-3/h9,12H,4-8H2,1-3H3. The summed E-state index contributed by atoms with van der Waals surface area (Å²) in [5, 5.41) is 11.3. The summed E-state index contributed by atoms with van der Waals surface area (Å²) in [6, 6.07) is 0.490. The van der Waals surface area contributed by atoms with Crippen LogP contribution in [0.5, 0.6) is 0 Å². The van der Waals surface area contributed by atoms with Crippen molar-refractivity contribution in [3.05, 3.63) is 11.8 Å². The molecule has 5 nitrogen and oxygen atoms in total. The van der Waals surface area contributed by atoms with E-state index in [0.29, 0.717) is 17.8 Å². The van der Waals surface area contributed by atoms with Crippen LogP contribution in [-0.4, -0.2) is 36.5 Å². The largest absolute Gasteiger partial charge is 0.425 e. The van der Waals surface area contributed by atoms with E-state index in [2.05, 4.69) is 29.4 Å². The van der Waals surface area contributed by atoms with Crippen LogP contribution in [0.3, 0.4) is 0 Å². The number of aryl methyl sites for hydroxylation is 1. The van der Waals surface area contributed by atoms with Crippen molar-refractivity contribution in [2.45, 2.75) is 39.2 Å². The van der Waals surface area contributed by atoms with Crippen LogP contribution in [0.15, 0.2) is 4.42 Å². The molecule has 1 heterocycles. The number of nitrogens with zero attached hydrogens (tertiary/aromatic N) is 2. The Hall–Kier alpha value is -0.940. The van der Waals surface area contributed by atoms with Crippen LogP contribution in [0.4, 0.5) is 0 Å². The molecule has 0 atom stereocenters. The summed E-state index contributed by atoms with van der Waals surface area (Å²) >= 11 is 0. The van der Waals surface area contributed by atoms with Crippen molar-refractivity contribution in [1.29, 1.82) is 0 Å². The van der Waals surface area contributed by atoms with Crippen molar-refractivity contribution in [3.8, 4) is 0 Å². The Kier molecular flexibility index (Phi) is 6.03. The Bertz CT molecular complexity index is 287. The van der Waals surface area contributed by atoms with E-state index >= 15 is 0 Å². The lowest BCUT2D eigenvalue weighted by Crippen LogP contribution is -2.25. The Morgan fingerprint density at radius 2 is 1.94 bits per heavy atom. The fourth-order valence-corrected chi connectivity index (χ4v) is 1.33. The number of ether oxygens (including phenoxy) is 1. The van der Waals surface area contributed by atoms with Gasteiger partial charge in [0.1, 0.15) is 0 Å². The highest BCUT2D eigenvalue weighted by molar-refractivity contribution is 4.83. The fourth-order valence-electron chi connectivity index (χ4n) is 1.33. The zero-order valence-electron chi connectivity index (χ0n) is 10.3. The van der Waals surface area contributed by atoms with E-state index < -0.39 is 0 Å². The number of hydrogen-bond donors (Lipinski definition) is 1. The number of aromatic nitrogens is 2. The molecular weight excluding hydrogens is 206 g/mol. The van der Waals surface area contributed by atoms with Crippen LogP contribution in [0.1, 0.15) is 32.0 Å². The van der Waals surface area contributed by atoms with Gasteiger partial charge < -0.3 is 14.5 Å². The molecule has 16 heavy (non-hydrogen) atoms. The van der Waals surface area contributed by atoms with Gasteiger partial charge in [-0.3, -0.25) is 0 Å². The zero-order valence-corrected chi connectivity index (χ0v) is 10.3. The molecule has 1 rings (SSSR count). The maximum absolute atomic E-state index is 5.49. The summed E-state index contributed by atoms with van der Waals surface area (Å²) in [5.41, 5.74) is 0. The van der Waals surface area contributed by atoms with Crippen molar-refractivity contribution >= 4 is 0 Å². The first kappa shape index (κ1) is 13.1. The molecule has 0 aliphatic rings. The lowest BCUT2D eigenvalue weighted by atomic mass is 10.3. The van der Waals surface area contributed by atoms with Crippen molar-refractivity contribution in [2.24, 2.45) is 0 Å². The van der Waals surface area contributed by atoms with Crippen LogP contribution in [0, 0.1) is 0 Å². The zero-order chi connectivity index (χ0) is 11.8. The van der Waals surface area contributed by atoms with Gasteiger partial charge in [0.05, 0.1) is 0 Å². The van der Waals surface area contributed by atoms with Crippen LogP contribution >= 0.6 is 0 Å². The minimum absolute atomic E-state index is 0.490. The Balaban J connectivity index is 2.22. The van der Waals surface area contributed by atoms with Crippen LogP contribution in [0.25, 0.3) is 0 Å². The highest BCUT2D eigenvalue weighted by Gasteiger charge is 2.05. The van der Waals surface area contributed by atoms with E-state index in [-0.39, 0.29) is 0 Å². The minimum Gasteiger partial charge on any atom is -0.425 e. The molecule has 0 aromatic carbocycles. The molecule has 5 heteroatoms. The van der Waals surface area contributed by atoms with Crippen LogP contribution < -0.4 is 5.32 Å². The molecule has 1 N–H and O–H groups in total. The number of nitrogens with one attached hydrogen (secondary N) is 1. The summed E-state index contributed by atoms with van der Waals surface area (Å²) in [5.74, 6) is 1.41. The van der Waals surface area contributed by atoms with E-state index in [9.17, 15) is 0 Å². The minimum atomic E-state index is 0.490. The van der Waals surface area contributed by atoms with Gasteiger partial charge >= 0.3 is 0 Å². The van der Waals surface area contributed by atoms with Gasteiger partial charge in [0.2, 0.25) is 11.8 Å². The quantitative estimate of drug-likeness (QED) is 0.676. The molecule has 1 aromatic heterocycles. The van der Waals surface area contributed by atoms with E-state index in [4.69, 9.17) is 9.15 Å². The van der Waals surface area contributed by atoms with Crippen molar-refractivity contribution in [2.75, 3.05) is 20.3 Å². The summed E-state index contributed by atoms with van der Waals surface area (Å²) in [4.78, 5) is 0. The highest BCUT2D eigenvalue weighted by Crippen LogP contribution is 2.03. The predicted molar refractivity (Wildman–Crippen MR) is 61.3 cm³/mol. The number of methoxy groups -OCH3 is 1. The Labute approximate surface area is 96.6 Å². The molecule has 0 aliphatic carbocycles.